The van der Waals surface area contributed by atoms with E-state index in [0.29, 0.717) is 38.4 Å². The Balaban J connectivity index is 2.05. The van der Waals surface area contributed by atoms with Crippen molar-refractivity contribution in [1.29, 1.82) is 0 Å². The minimum Gasteiger partial charge on any atom is -0.496 e. The zero-order valence-corrected chi connectivity index (χ0v) is 16.2. The minimum atomic E-state index is -0.613. The van der Waals surface area contributed by atoms with E-state index >= 15 is 0 Å². The Bertz CT molecular complexity index is 969. The summed E-state index contributed by atoms with van der Waals surface area (Å²) in [5.74, 6) is 0.937. The van der Waals surface area contributed by atoms with E-state index in [-0.39, 0.29) is 11.6 Å². The third-order valence-electron chi connectivity index (χ3n) is 3.81. The molecule has 0 saturated heterocycles. The van der Waals surface area contributed by atoms with Gasteiger partial charge in [-0.2, -0.15) is 0 Å². The second-order valence-corrected chi connectivity index (χ2v) is 6.25. The summed E-state index contributed by atoms with van der Waals surface area (Å²) in [5.41, 5.74) is 1.09. The molecule has 2 aromatic carbocycles. The first-order valence-corrected chi connectivity index (χ1v) is 8.50. The lowest BCUT2D eigenvalue weighted by Crippen LogP contribution is -2.06. The monoisotopic (exact) mass is 407 g/mol. The summed E-state index contributed by atoms with van der Waals surface area (Å²) in [4.78, 5) is 16.5. The van der Waals surface area contributed by atoms with Crippen molar-refractivity contribution in [2.45, 2.75) is 0 Å². The molecule has 8 heteroatoms. The molecule has 1 aliphatic heterocycles. The Morgan fingerprint density at radius 2 is 1.63 bits per heavy atom. The van der Waals surface area contributed by atoms with Crippen molar-refractivity contribution in [3.8, 4) is 17.2 Å². The molecule has 2 aromatic rings. The van der Waals surface area contributed by atoms with E-state index in [9.17, 15) is 4.79 Å². The molecule has 0 aromatic heterocycles. The molecule has 0 bridgehead atoms. The number of hydrogen-bond acceptors (Lipinski definition) is 6. The fraction of sp³-hybridized carbons (Fsp3) is 0.158. The zero-order chi connectivity index (χ0) is 19.6. The predicted octanol–water partition coefficient (Wildman–Crippen LogP) is 4.36. The van der Waals surface area contributed by atoms with Gasteiger partial charge in [-0.1, -0.05) is 23.2 Å². The number of esters is 1. The highest BCUT2D eigenvalue weighted by Crippen LogP contribution is 2.36. The average molecular weight is 408 g/mol. The quantitative estimate of drug-likeness (QED) is 0.543. The van der Waals surface area contributed by atoms with Crippen molar-refractivity contribution in [1.82, 2.24) is 0 Å². The third kappa shape index (κ3) is 3.86. The summed E-state index contributed by atoms with van der Waals surface area (Å²) in [5, 5.41) is 0.822. The molecule has 0 atom stereocenters. The minimum absolute atomic E-state index is 0.0817. The first-order valence-electron chi connectivity index (χ1n) is 7.74. The van der Waals surface area contributed by atoms with Gasteiger partial charge in [-0.3, -0.25) is 0 Å². The van der Waals surface area contributed by atoms with Crippen LogP contribution in [-0.4, -0.2) is 33.2 Å². The number of methoxy groups -OCH3 is 3. The van der Waals surface area contributed by atoms with Crippen LogP contribution >= 0.6 is 23.2 Å². The van der Waals surface area contributed by atoms with E-state index in [4.69, 9.17) is 42.1 Å². The number of carbonyl (C=O) groups is 1. The van der Waals surface area contributed by atoms with Gasteiger partial charge < -0.3 is 18.9 Å². The van der Waals surface area contributed by atoms with Gasteiger partial charge in [-0.15, -0.1) is 0 Å². The number of nitrogens with zero attached hydrogens (tertiary/aromatic N) is 1. The molecule has 27 heavy (non-hydrogen) atoms. The van der Waals surface area contributed by atoms with Gasteiger partial charge in [0.15, 0.2) is 17.2 Å². The molecular formula is C19H15Cl2NO5. The molecule has 3 rings (SSSR count). The van der Waals surface area contributed by atoms with Crippen molar-refractivity contribution in [2.24, 2.45) is 4.99 Å². The van der Waals surface area contributed by atoms with Crippen LogP contribution in [0.4, 0.5) is 0 Å². The molecule has 1 aliphatic rings. The first-order chi connectivity index (χ1) is 13.0. The van der Waals surface area contributed by atoms with Crippen LogP contribution in [0.5, 0.6) is 17.2 Å². The lowest BCUT2D eigenvalue weighted by Gasteiger charge is -2.12. The molecule has 0 amide bonds. The number of carbonyl (C=O) groups excluding carboxylic acids is 1. The van der Waals surface area contributed by atoms with Crippen LogP contribution < -0.4 is 14.2 Å². The van der Waals surface area contributed by atoms with Crippen LogP contribution in [0.1, 0.15) is 11.1 Å². The fourth-order valence-electron chi connectivity index (χ4n) is 2.50. The summed E-state index contributed by atoms with van der Waals surface area (Å²) >= 11 is 12.1. The molecule has 6 nitrogen and oxygen atoms in total. The maximum atomic E-state index is 12.3. The third-order valence-corrected chi connectivity index (χ3v) is 4.37. The molecule has 0 unspecified atom stereocenters. The van der Waals surface area contributed by atoms with Crippen molar-refractivity contribution >= 4 is 41.1 Å². The highest BCUT2D eigenvalue weighted by molar-refractivity contribution is 6.36. The Morgan fingerprint density at radius 3 is 2.30 bits per heavy atom. The van der Waals surface area contributed by atoms with Gasteiger partial charge in [0, 0.05) is 16.7 Å². The molecule has 0 spiro atoms. The second kappa shape index (κ2) is 7.90. The smallest absolute Gasteiger partial charge is 0.363 e. The van der Waals surface area contributed by atoms with Gasteiger partial charge in [-0.05, 0) is 30.3 Å². The Kier molecular flexibility index (Phi) is 5.58. The van der Waals surface area contributed by atoms with E-state index in [0.717, 1.165) is 0 Å². The van der Waals surface area contributed by atoms with Crippen LogP contribution in [0.3, 0.4) is 0 Å². The number of benzene rings is 2. The summed E-state index contributed by atoms with van der Waals surface area (Å²) in [7, 11) is 4.55. The summed E-state index contributed by atoms with van der Waals surface area (Å²) in [6, 6.07) is 8.16. The zero-order valence-electron chi connectivity index (χ0n) is 14.7. The van der Waals surface area contributed by atoms with Crippen LogP contribution in [0.25, 0.3) is 6.08 Å². The lowest BCUT2D eigenvalue weighted by atomic mass is 10.1. The van der Waals surface area contributed by atoms with Gasteiger partial charge in [0.2, 0.25) is 5.90 Å². The van der Waals surface area contributed by atoms with Crippen molar-refractivity contribution in [3.63, 3.8) is 0 Å². The maximum Gasteiger partial charge on any atom is 0.363 e. The molecule has 0 aliphatic carbocycles. The molecule has 1 heterocycles. The first kappa shape index (κ1) is 19.1. The highest BCUT2D eigenvalue weighted by atomic mass is 35.5. The summed E-state index contributed by atoms with van der Waals surface area (Å²) < 4.78 is 21.2. The molecule has 140 valence electrons. The van der Waals surface area contributed by atoms with Gasteiger partial charge in [0.1, 0.15) is 5.75 Å². The Hall–Kier alpha value is -2.70. The van der Waals surface area contributed by atoms with E-state index in [1.165, 1.54) is 27.4 Å². The summed E-state index contributed by atoms with van der Waals surface area (Å²) in [6.45, 7) is 0. The van der Waals surface area contributed by atoms with Crippen LogP contribution in [-0.2, 0) is 9.53 Å². The van der Waals surface area contributed by atoms with Crippen molar-refractivity contribution in [2.75, 3.05) is 21.3 Å². The Labute approximate surface area is 165 Å². The van der Waals surface area contributed by atoms with Gasteiger partial charge >= 0.3 is 5.97 Å². The fourth-order valence-corrected chi connectivity index (χ4v) is 2.87. The average Bonchev–Trinajstić information content (AvgIpc) is 3.03. The topological polar surface area (TPSA) is 66.3 Å². The molecule has 0 radical (unpaired) electrons. The van der Waals surface area contributed by atoms with E-state index in [1.54, 1.807) is 30.3 Å². The van der Waals surface area contributed by atoms with Crippen LogP contribution in [0, 0.1) is 0 Å². The number of cyclic esters (lactones) is 1. The van der Waals surface area contributed by atoms with E-state index < -0.39 is 5.97 Å². The van der Waals surface area contributed by atoms with Gasteiger partial charge in [-0.25, -0.2) is 9.79 Å². The summed E-state index contributed by atoms with van der Waals surface area (Å²) in [6.07, 6.45) is 1.54. The number of rotatable bonds is 5. The standard InChI is InChI=1S/C19H15Cl2NO5/c1-24-15-9-17(26-3)16(25-2)7-10(15)6-14-19(23)27-18(22-14)12-8-11(20)4-5-13(12)21/h4-9H,1-3H3/b14-6+. The number of hydrogen-bond donors (Lipinski definition) is 0. The van der Waals surface area contributed by atoms with Crippen LogP contribution in [0.2, 0.25) is 10.0 Å². The SMILES string of the molecule is COc1cc(OC)c(OC)cc1/C=C1/N=C(c2cc(Cl)ccc2Cl)OC1=O. The second-order valence-electron chi connectivity index (χ2n) is 5.41. The van der Waals surface area contributed by atoms with Crippen molar-refractivity contribution < 1.29 is 23.7 Å². The van der Waals surface area contributed by atoms with Crippen LogP contribution in [0.15, 0.2) is 41.0 Å². The molecule has 0 saturated carbocycles. The number of ether oxygens (including phenoxy) is 4. The van der Waals surface area contributed by atoms with E-state index in [1.807, 2.05) is 0 Å². The van der Waals surface area contributed by atoms with E-state index in [2.05, 4.69) is 4.99 Å². The normalized spacial score (nSPS) is 14.8. The lowest BCUT2D eigenvalue weighted by molar-refractivity contribution is -0.129. The van der Waals surface area contributed by atoms with Crippen molar-refractivity contribution in [3.05, 3.63) is 57.2 Å². The number of halogens is 2. The highest BCUT2D eigenvalue weighted by Gasteiger charge is 2.26. The number of aliphatic imine (C=N–C) groups is 1. The predicted molar refractivity (Wildman–Crippen MR) is 103 cm³/mol. The van der Waals surface area contributed by atoms with Gasteiger partial charge in [0.25, 0.3) is 0 Å². The van der Waals surface area contributed by atoms with Gasteiger partial charge in [0.05, 0.1) is 31.9 Å². The molecule has 0 N–H and O–H groups in total. The largest absolute Gasteiger partial charge is 0.496 e. The molecular weight excluding hydrogens is 393 g/mol. The maximum absolute atomic E-state index is 12.3. The Morgan fingerprint density at radius 1 is 0.963 bits per heavy atom. The molecule has 0 fully saturated rings.